The van der Waals surface area contributed by atoms with E-state index in [0.29, 0.717) is 6.04 Å². The molecule has 1 N–H and O–H groups in total. The summed E-state index contributed by atoms with van der Waals surface area (Å²) in [5.41, 5.74) is 1.32. The lowest BCUT2D eigenvalue weighted by atomic mass is 10.1. The maximum atomic E-state index is 4.21. The molecule has 0 saturated carbocycles. The summed E-state index contributed by atoms with van der Waals surface area (Å²) in [6.45, 7) is 5.43. The van der Waals surface area contributed by atoms with Crippen LogP contribution in [0.1, 0.15) is 31.9 Å². The van der Waals surface area contributed by atoms with Gasteiger partial charge in [0.1, 0.15) is 11.4 Å². The first kappa shape index (κ1) is 14.0. The third-order valence-corrected chi connectivity index (χ3v) is 3.82. The summed E-state index contributed by atoms with van der Waals surface area (Å²) in [7, 11) is 0. The number of aromatic nitrogens is 2. The zero-order chi connectivity index (χ0) is 13.5. The Labute approximate surface area is 118 Å². The van der Waals surface area contributed by atoms with E-state index in [9.17, 15) is 0 Å². The third-order valence-electron chi connectivity index (χ3n) is 2.86. The number of benzene rings is 1. The van der Waals surface area contributed by atoms with E-state index < -0.39 is 0 Å². The lowest BCUT2D eigenvalue weighted by molar-refractivity contribution is 0.570. The fourth-order valence-electron chi connectivity index (χ4n) is 1.76. The molecule has 100 valence electrons. The van der Waals surface area contributed by atoms with E-state index >= 15 is 0 Å². The molecule has 1 heterocycles. The molecule has 2 rings (SSSR count). The van der Waals surface area contributed by atoms with E-state index in [0.717, 1.165) is 18.0 Å². The quantitative estimate of drug-likeness (QED) is 0.815. The van der Waals surface area contributed by atoms with Crippen LogP contribution in [0, 0.1) is 0 Å². The molecule has 3 nitrogen and oxygen atoms in total. The molecule has 0 fully saturated rings. The van der Waals surface area contributed by atoms with Gasteiger partial charge in [-0.3, -0.25) is 0 Å². The summed E-state index contributed by atoms with van der Waals surface area (Å²) >= 11 is 1.65. The highest BCUT2D eigenvalue weighted by molar-refractivity contribution is 7.99. The molecule has 0 radical (unpaired) electrons. The van der Waals surface area contributed by atoms with Gasteiger partial charge in [-0.1, -0.05) is 30.8 Å². The molecular formula is C15H19N3S. The maximum Gasteiger partial charge on any atom is 0.116 e. The number of hydrogen-bond acceptors (Lipinski definition) is 4. The van der Waals surface area contributed by atoms with Crippen LogP contribution in [-0.2, 0) is 0 Å². The number of nitrogens with zero attached hydrogens (tertiary/aromatic N) is 2. The molecule has 0 amide bonds. The van der Waals surface area contributed by atoms with Gasteiger partial charge in [-0.25, -0.2) is 9.97 Å². The summed E-state index contributed by atoms with van der Waals surface area (Å²) in [5.74, 6) is 0. The first-order valence-corrected chi connectivity index (χ1v) is 7.38. The summed E-state index contributed by atoms with van der Waals surface area (Å²) in [6, 6.07) is 11.0. The summed E-state index contributed by atoms with van der Waals surface area (Å²) in [6.07, 6.45) is 4.50. The van der Waals surface area contributed by atoms with Gasteiger partial charge in [0.05, 0.1) is 0 Å². The topological polar surface area (TPSA) is 37.8 Å². The molecule has 0 spiro atoms. The Morgan fingerprint density at radius 1 is 1.21 bits per heavy atom. The molecule has 1 aromatic carbocycles. The zero-order valence-corrected chi connectivity index (χ0v) is 12.2. The second-order valence-corrected chi connectivity index (χ2v) is 5.49. The SMILES string of the molecule is CCCNC(C)c1ccc(Sc2ccncn2)cc1. The van der Waals surface area contributed by atoms with E-state index in [4.69, 9.17) is 0 Å². The molecule has 19 heavy (non-hydrogen) atoms. The van der Waals surface area contributed by atoms with Crippen molar-refractivity contribution in [2.45, 2.75) is 36.2 Å². The molecule has 4 heteroatoms. The fourth-order valence-corrected chi connectivity index (χ4v) is 2.51. The van der Waals surface area contributed by atoms with Crippen LogP contribution in [0.4, 0.5) is 0 Å². The second kappa shape index (κ2) is 7.26. The molecule has 0 saturated heterocycles. The normalized spacial score (nSPS) is 12.3. The van der Waals surface area contributed by atoms with Crippen LogP contribution in [0.2, 0.25) is 0 Å². The van der Waals surface area contributed by atoms with E-state index in [1.807, 2.05) is 6.07 Å². The first-order valence-electron chi connectivity index (χ1n) is 6.57. The Morgan fingerprint density at radius 3 is 2.63 bits per heavy atom. The van der Waals surface area contributed by atoms with Crippen molar-refractivity contribution in [3.63, 3.8) is 0 Å². The monoisotopic (exact) mass is 273 g/mol. The van der Waals surface area contributed by atoms with Crippen LogP contribution in [-0.4, -0.2) is 16.5 Å². The van der Waals surface area contributed by atoms with Gasteiger partial charge in [0.15, 0.2) is 0 Å². The standard InChI is InChI=1S/C15H19N3S/c1-3-9-17-12(2)13-4-6-14(7-5-13)19-15-8-10-16-11-18-15/h4-8,10-12,17H,3,9H2,1-2H3. The molecule has 1 unspecified atom stereocenters. The minimum Gasteiger partial charge on any atom is -0.310 e. The third kappa shape index (κ3) is 4.33. The minimum absolute atomic E-state index is 0.401. The van der Waals surface area contributed by atoms with Crippen LogP contribution >= 0.6 is 11.8 Å². The van der Waals surface area contributed by atoms with Gasteiger partial charge in [0.25, 0.3) is 0 Å². The van der Waals surface area contributed by atoms with Gasteiger partial charge in [-0.2, -0.15) is 0 Å². The molecule has 1 aromatic heterocycles. The van der Waals surface area contributed by atoms with Crippen LogP contribution in [0.5, 0.6) is 0 Å². The van der Waals surface area contributed by atoms with Crippen molar-refractivity contribution in [1.29, 1.82) is 0 Å². The van der Waals surface area contributed by atoms with Crippen molar-refractivity contribution in [2.24, 2.45) is 0 Å². The average molecular weight is 273 g/mol. The Morgan fingerprint density at radius 2 is 2.00 bits per heavy atom. The number of nitrogens with one attached hydrogen (secondary N) is 1. The Kier molecular flexibility index (Phi) is 5.36. The van der Waals surface area contributed by atoms with E-state index in [-0.39, 0.29) is 0 Å². The molecule has 0 aliphatic rings. The minimum atomic E-state index is 0.401. The van der Waals surface area contributed by atoms with Gasteiger partial charge in [0.2, 0.25) is 0 Å². The van der Waals surface area contributed by atoms with E-state index in [1.165, 1.54) is 10.5 Å². The fraction of sp³-hybridized carbons (Fsp3) is 0.333. The highest BCUT2D eigenvalue weighted by atomic mass is 32.2. The zero-order valence-electron chi connectivity index (χ0n) is 11.3. The molecule has 1 atom stereocenters. The summed E-state index contributed by atoms with van der Waals surface area (Å²) in [4.78, 5) is 9.33. The van der Waals surface area contributed by atoms with Gasteiger partial charge in [0, 0.05) is 17.1 Å². The number of rotatable bonds is 6. The Balaban J connectivity index is 1.98. The Hall–Kier alpha value is -1.39. The van der Waals surface area contributed by atoms with Crippen molar-refractivity contribution in [2.75, 3.05) is 6.54 Å². The van der Waals surface area contributed by atoms with Gasteiger partial charge >= 0.3 is 0 Å². The number of hydrogen-bond donors (Lipinski definition) is 1. The smallest absolute Gasteiger partial charge is 0.116 e. The van der Waals surface area contributed by atoms with Crippen LogP contribution in [0.15, 0.2) is 52.8 Å². The van der Waals surface area contributed by atoms with Crippen molar-refractivity contribution in [1.82, 2.24) is 15.3 Å². The second-order valence-electron chi connectivity index (χ2n) is 4.39. The predicted molar refractivity (Wildman–Crippen MR) is 79.3 cm³/mol. The molecule has 2 aromatic rings. The van der Waals surface area contributed by atoms with E-state index in [1.54, 1.807) is 24.3 Å². The maximum absolute atomic E-state index is 4.21. The van der Waals surface area contributed by atoms with Crippen molar-refractivity contribution < 1.29 is 0 Å². The molecular weight excluding hydrogens is 254 g/mol. The largest absolute Gasteiger partial charge is 0.310 e. The van der Waals surface area contributed by atoms with Crippen LogP contribution < -0.4 is 5.32 Å². The molecule has 0 aliphatic heterocycles. The first-order chi connectivity index (χ1) is 9.29. The molecule has 0 bridgehead atoms. The highest BCUT2D eigenvalue weighted by Gasteiger charge is 2.04. The lowest BCUT2D eigenvalue weighted by Gasteiger charge is -2.13. The van der Waals surface area contributed by atoms with E-state index in [2.05, 4.69) is 53.4 Å². The summed E-state index contributed by atoms with van der Waals surface area (Å²) < 4.78 is 0. The van der Waals surface area contributed by atoms with Crippen LogP contribution in [0.3, 0.4) is 0 Å². The molecule has 0 aliphatic carbocycles. The highest BCUT2D eigenvalue weighted by Crippen LogP contribution is 2.26. The predicted octanol–water partition coefficient (Wildman–Crippen LogP) is 3.69. The Bertz CT molecular complexity index is 485. The van der Waals surface area contributed by atoms with Gasteiger partial charge in [-0.05, 0) is 43.7 Å². The van der Waals surface area contributed by atoms with Crippen molar-refractivity contribution >= 4 is 11.8 Å². The summed E-state index contributed by atoms with van der Waals surface area (Å²) in [5, 5.41) is 4.46. The average Bonchev–Trinajstić information content (AvgIpc) is 2.46. The lowest BCUT2D eigenvalue weighted by Crippen LogP contribution is -2.19. The van der Waals surface area contributed by atoms with Crippen LogP contribution in [0.25, 0.3) is 0 Å². The van der Waals surface area contributed by atoms with Gasteiger partial charge < -0.3 is 5.32 Å². The van der Waals surface area contributed by atoms with Crippen molar-refractivity contribution in [3.05, 3.63) is 48.4 Å². The van der Waals surface area contributed by atoms with Crippen molar-refractivity contribution in [3.8, 4) is 0 Å². The van der Waals surface area contributed by atoms with Gasteiger partial charge in [-0.15, -0.1) is 0 Å².